The van der Waals surface area contributed by atoms with Gasteiger partial charge in [0.15, 0.2) is 5.03 Å². The molecular formula is C10H11Cl2N3O6S. The summed E-state index contributed by atoms with van der Waals surface area (Å²) in [7, 11) is -4.56. The van der Waals surface area contributed by atoms with Crippen molar-refractivity contribution >= 4 is 38.9 Å². The van der Waals surface area contributed by atoms with E-state index in [-0.39, 0.29) is 16.4 Å². The van der Waals surface area contributed by atoms with Gasteiger partial charge in [-0.1, -0.05) is 6.07 Å². The van der Waals surface area contributed by atoms with E-state index in [1.807, 2.05) is 0 Å². The number of hydrazine groups is 1. The van der Waals surface area contributed by atoms with Crippen LogP contribution in [-0.2, 0) is 10.0 Å². The normalized spacial score (nSPS) is 11.5. The number of halogens is 2. The van der Waals surface area contributed by atoms with Gasteiger partial charge >= 0.3 is 10.0 Å². The molecule has 0 N–H and O–H groups in total. The van der Waals surface area contributed by atoms with Crippen LogP contribution in [0, 0.1) is 27.2 Å². The van der Waals surface area contributed by atoms with E-state index in [1.54, 1.807) is 0 Å². The summed E-state index contributed by atoms with van der Waals surface area (Å²) in [6.07, 6.45) is -0.169. The van der Waals surface area contributed by atoms with Crippen molar-refractivity contribution in [2.75, 3.05) is 6.54 Å². The third-order valence-electron chi connectivity index (χ3n) is 2.67. The van der Waals surface area contributed by atoms with Crippen molar-refractivity contribution in [2.24, 2.45) is 0 Å². The average molecular weight is 372 g/mol. The zero-order chi connectivity index (χ0) is 17.1. The largest absolute Gasteiger partial charge is 0.313 e. The standard InChI is InChI=1S/C10H11Cl2N3O6S/c1-7-2-3-8(6-9(7)14(16)17)22(20,21)13(15(18)19)5-4-10(11)12/h2-3,6,10H,4-5H2,1H3. The molecule has 0 aliphatic heterocycles. The van der Waals surface area contributed by atoms with Gasteiger partial charge in [-0.2, -0.15) is 8.42 Å². The molecule has 0 atom stereocenters. The first-order chi connectivity index (χ1) is 10.1. The Kier molecular flexibility index (Phi) is 5.92. The lowest BCUT2D eigenvalue weighted by Gasteiger charge is -2.14. The van der Waals surface area contributed by atoms with Crippen molar-refractivity contribution in [3.8, 4) is 0 Å². The molecule has 0 saturated heterocycles. The van der Waals surface area contributed by atoms with Gasteiger partial charge in [0.05, 0.1) is 16.4 Å². The van der Waals surface area contributed by atoms with Crippen LogP contribution in [-0.4, -0.2) is 34.2 Å². The molecule has 0 spiro atoms. The third-order valence-corrected chi connectivity index (χ3v) is 4.83. The molecule has 0 radical (unpaired) electrons. The summed E-state index contributed by atoms with van der Waals surface area (Å²) in [4.78, 5) is 19.5. The monoisotopic (exact) mass is 371 g/mol. The Hall–Kier alpha value is -1.65. The maximum Gasteiger partial charge on any atom is 0.313 e. The molecule has 0 aliphatic rings. The highest BCUT2D eigenvalue weighted by molar-refractivity contribution is 7.89. The number of alkyl halides is 2. The predicted octanol–water partition coefficient (Wildman–Crippen LogP) is 2.28. The Labute approximate surface area is 135 Å². The van der Waals surface area contributed by atoms with Gasteiger partial charge in [0, 0.05) is 18.1 Å². The highest BCUT2D eigenvalue weighted by atomic mass is 35.5. The molecule has 12 heteroatoms. The van der Waals surface area contributed by atoms with Crippen LogP contribution >= 0.6 is 23.2 Å². The van der Waals surface area contributed by atoms with E-state index in [1.165, 1.54) is 13.0 Å². The Morgan fingerprint density at radius 1 is 1.27 bits per heavy atom. The number of hydrogen-bond acceptors (Lipinski definition) is 6. The summed E-state index contributed by atoms with van der Waals surface area (Å²) < 4.78 is 24.5. The van der Waals surface area contributed by atoms with Crippen molar-refractivity contribution in [2.45, 2.75) is 23.1 Å². The fourth-order valence-electron chi connectivity index (χ4n) is 1.57. The lowest BCUT2D eigenvalue weighted by atomic mass is 10.2. The van der Waals surface area contributed by atoms with Crippen molar-refractivity contribution in [3.05, 3.63) is 44.0 Å². The molecule has 0 heterocycles. The fraction of sp³-hybridized carbons (Fsp3) is 0.400. The minimum atomic E-state index is -4.56. The minimum absolute atomic E-state index is 0.0425. The molecule has 0 aliphatic carbocycles. The van der Waals surface area contributed by atoms with Crippen molar-refractivity contribution < 1.29 is 18.4 Å². The predicted molar refractivity (Wildman–Crippen MR) is 78.8 cm³/mol. The number of sulfonamides is 1. The Morgan fingerprint density at radius 3 is 2.32 bits per heavy atom. The molecule has 0 fully saturated rings. The molecule has 0 amide bonds. The summed E-state index contributed by atoms with van der Waals surface area (Å²) in [5.41, 5.74) is -0.213. The van der Waals surface area contributed by atoms with Gasteiger partial charge in [-0.15, -0.1) is 23.2 Å². The number of benzene rings is 1. The van der Waals surface area contributed by atoms with E-state index in [0.29, 0.717) is 0 Å². The van der Waals surface area contributed by atoms with E-state index < -0.39 is 41.9 Å². The molecule has 22 heavy (non-hydrogen) atoms. The number of nitro groups is 2. The maximum atomic E-state index is 12.2. The summed E-state index contributed by atoms with van der Waals surface area (Å²) in [5.74, 6) is 0. The van der Waals surface area contributed by atoms with Crippen LogP contribution < -0.4 is 0 Å². The van der Waals surface area contributed by atoms with Crippen LogP contribution in [0.15, 0.2) is 23.1 Å². The topological polar surface area (TPSA) is 124 Å². The van der Waals surface area contributed by atoms with Crippen molar-refractivity contribution in [3.63, 3.8) is 0 Å². The van der Waals surface area contributed by atoms with Crippen LogP contribution in [0.5, 0.6) is 0 Å². The highest BCUT2D eigenvalue weighted by Crippen LogP contribution is 2.25. The molecule has 0 bridgehead atoms. The van der Waals surface area contributed by atoms with Crippen LogP contribution in [0.25, 0.3) is 0 Å². The summed E-state index contributed by atoms with van der Waals surface area (Å²) in [5, 5.41) is 20.7. The molecule has 122 valence electrons. The second kappa shape index (κ2) is 7.07. The van der Waals surface area contributed by atoms with Crippen LogP contribution in [0.4, 0.5) is 5.69 Å². The minimum Gasteiger partial charge on any atom is -0.258 e. The van der Waals surface area contributed by atoms with Gasteiger partial charge in [0.25, 0.3) is 5.69 Å². The van der Waals surface area contributed by atoms with Crippen LogP contribution in [0.1, 0.15) is 12.0 Å². The number of rotatable bonds is 7. The van der Waals surface area contributed by atoms with Crippen LogP contribution in [0.2, 0.25) is 0 Å². The van der Waals surface area contributed by atoms with E-state index in [0.717, 1.165) is 12.1 Å². The van der Waals surface area contributed by atoms with Gasteiger partial charge in [-0.3, -0.25) is 10.1 Å². The molecule has 0 unspecified atom stereocenters. The van der Waals surface area contributed by atoms with Gasteiger partial charge in [0.2, 0.25) is 0 Å². The number of aryl methyl sites for hydroxylation is 1. The van der Waals surface area contributed by atoms with Gasteiger partial charge < -0.3 is 0 Å². The lowest BCUT2D eigenvalue weighted by molar-refractivity contribution is -0.620. The Balaban J connectivity index is 3.28. The first-order valence-corrected chi connectivity index (χ1v) is 8.09. The number of hydrogen-bond donors (Lipinski definition) is 0. The van der Waals surface area contributed by atoms with Gasteiger partial charge in [0.1, 0.15) is 4.84 Å². The Bertz CT molecular complexity index is 694. The van der Waals surface area contributed by atoms with Gasteiger partial charge in [-0.25, -0.2) is 10.1 Å². The van der Waals surface area contributed by atoms with Gasteiger partial charge in [-0.05, 0) is 17.4 Å². The summed E-state index contributed by atoms with van der Waals surface area (Å²) in [6, 6.07) is 3.04. The summed E-state index contributed by atoms with van der Waals surface area (Å²) in [6.45, 7) is 0.861. The molecule has 9 nitrogen and oxygen atoms in total. The maximum absolute atomic E-state index is 12.2. The van der Waals surface area contributed by atoms with Crippen LogP contribution in [0.3, 0.4) is 0 Å². The second-order valence-electron chi connectivity index (χ2n) is 4.17. The third kappa shape index (κ3) is 4.18. The summed E-state index contributed by atoms with van der Waals surface area (Å²) >= 11 is 10.9. The van der Waals surface area contributed by atoms with E-state index in [9.17, 15) is 28.6 Å². The van der Waals surface area contributed by atoms with E-state index in [4.69, 9.17) is 23.2 Å². The quantitative estimate of drug-likeness (QED) is 0.411. The second-order valence-corrected chi connectivity index (χ2v) is 7.29. The molecule has 1 rings (SSSR count). The van der Waals surface area contributed by atoms with Crippen molar-refractivity contribution in [1.82, 2.24) is 4.41 Å². The first-order valence-electron chi connectivity index (χ1n) is 5.77. The zero-order valence-electron chi connectivity index (χ0n) is 11.2. The molecule has 1 aromatic carbocycles. The molecule has 1 aromatic rings. The number of nitrogens with zero attached hydrogens (tertiary/aromatic N) is 3. The molecule has 0 aromatic heterocycles. The van der Waals surface area contributed by atoms with Crippen molar-refractivity contribution in [1.29, 1.82) is 0 Å². The SMILES string of the molecule is Cc1ccc(S(=O)(=O)N(CCC(Cl)Cl)[N+](=O)[O-])cc1[N+](=O)[O-]. The molecule has 0 saturated carbocycles. The highest BCUT2D eigenvalue weighted by Gasteiger charge is 2.34. The first kappa shape index (κ1) is 18.4. The zero-order valence-corrected chi connectivity index (χ0v) is 13.5. The Morgan fingerprint density at radius 2 is 1.86 bits per heavy atom. The average Bonchev–Trinajstić information content (AvgIpc) is 2.37. The molecular weight excluding hydrogens is 361 g/mol. The van der Waals surface area contributed by atoms with E-state index >= 15 is 0 Å². The lowest BCUT2D eigenvalue weighted by Crippen LogP contribution is -2.37. The number of nitro benzene ring substituents is 1. The smallest absolute Gasteiger partial charge is 0.258 e. The van der Waals surface area contributed by atoms with E-state index in [2.05, 4.69) is 0 Å². The fourth-order valence-corrected chi connectivity index (χ4v) is 3.03.